The minimum atomic E-state index is -3.81. The normalized spacial score (nSPS) is 23.1. The molecule has 0 saturated carbocycles. The Labute approximate surface area is 130 Å². The number of hydrogen-bond donors (Lipinski definition) is 1. The fraction of sp³-hybridized carbons (Fsp3) is 0.533. The summed E-state index contributed by atoms with van der Waals surface area (Å²) < 4.78 is 32.6. The van der Waals surface area contributed by atoms with Crippen LogP contribution >= 0.6 is 0 Å². The van der Waals surface area contributed by atoms with Gasteiger partial charge in [0.2, 0.25) is 0 Å². The molecule has 0 spiro atoms. The summed E-state index contributed by atoms with van der Waals surface area (Å²) in [7, 11) is -2.30. The molecular weight excluding hydrogens is 304 g/mol. The number of hydrogen-bond acceptors (Lipinski definition) is 4. The molecule has 2 aliphatic rings. The van der Waals surface area contributed by atoms with Gasteiger partial charge in [-0.15, -0.1) is 0 Å². The van der Waals surface area contributed by atoms with E-state index in [1.165, 1.54) is 12.7 Å². The summed E-state index contributed by atoms with van der Waals surface area (Å²) in [4.78, 5) is 11.5. The molecule has 1 aliphatic heterocycles. The summed E-state index contributed by atoms with van der Waals surface area (Å²) in [6.45, 7) is 1.97. The Morgan fingerprint density at radius 2 is 2.14 bits per heavy atom. The largest absolute Gasteiger partial charge is 0.495 e. The van der Waals surface area contributed by atoms with Crippen molar-refractivity contribution in [3.63, 3.8) is 0 Å². The van der Waals surface area contributed by atoms with E-state index in [1.54, 1.807) is 0 Å². The lowest BCUT2D eigenvalue weighted by molar-refractivity contribution is -0.117. The molecular formula is C15H20N2O4S. The summed E-state index contributed by atoms with van der Waals surface area (Å²) in [5.74, 6) is 0.601. The van der Waals surface area contributed by atoms with Crippen molar-refractivity contribution in [2.75, 3.05) is 18.0 Å². The third-order valence-electron chi connectivity index (χ3n) is 4.50. The number of rotatable bonds is 3. The number of carbonyl (C=O) groups excluding carboxylic acids is 1. The Bertz CT molecular complexity index is 714. The molecule has 0 radical (unpaired) electrons. The van der Waals surface area contributed by atoms with Gasteiger partial charge in [-0.1, -0.05) is 13.3 Å². The molecule has 6 nitrogen and oxygen atoms in total. The van der Waals surface area contributed by atoms with Crippen LogP contribution in [-0.2, 0) is 27.8 Å². The average molecular weight is 324 g/mol. The summed E-state index contributed by atoms with van der Waals surface area (Å²) in [5.41, 5.74) is 2.81. The fourth-order valence-corrected chi connectivity index (χ4v) is 4.37. The molecule has 120 valence electrons. The Morgan fingerprint density at radius 3 is 2.73 bits per heavy atom. The van der Waals surface area contributed by atoms with E-state index in [9.17, 15) is 13.2 Å². The molecule has 22 heavy (non-hydrogen) atoms. The van der Waals surface area contributed by atoms with Crippen LogP contribution < -0.4 is 13.8 Å². The van der Waals surface area contributed by atoms with Crippen molar-refractivity contribution in [3.05, 3.63) is 23.3 Å². The van der Waals surface area contributed by atoms with Crippen molar-refractivity contribution in [2.24, 2.45) is 5.92 Å². The van der Waals surface area contributed by atoms with Crippen LogP contribution in [0.4, 0.5) is 5.69 Å². The van der Waals surface area contributed by atoms with Gasteiger partial charge in [0.25, 0.3) is 5.91 Å². The van der Waals surface area contributed by atoms with E-state index in [0.717, 1.165) is 35.6 Å². The van der Waals surface area contributed by atoms with Crippen LogP contribution in [0.3, 0.4) is 0 Å². The highest BCUT2D eigenvalue weighted by Gasteiger charge is 2.36. The molecule has 1 saturated heterocycles. The molecule has 1 amide bonds. The average Bonchev–Trinajstić information content (AvgIpc) is 2.77. The van der Waals surface area contributed by atoms with Crippen LogP contribution in [0.2, 0.25) is 0 Å². The predicted octanol–water partition coefficient (Wildman–Crippen LogP) is 1.39. The number of ether oxygens (including phenoxy) is 1. The van der Waals surface area contributed by atoms with Gasteiger partial charge in [0.05, 0.1) is 12.8 Å². The highest BCUT2D eigenvalue weighted by molar-refractivity contribution is 7.92. The Kier molecular flexibility index (Phi) is 3.76. The first-order valence-corrected chi connectivity index (χ1v) is 8.91. The van der Waals surface area contributed by atoms with Gasteiger partial charge in [-0.3, -0.25) is 4.79 Å². The number of benzene rings is 1. The smallest absolute Gasteiger partial charge is 0.326 e. The van der Waals surface area contributed by atoms with Crippen LogP contribution in [0.5, 0.6) is 5.75 Å². The van der Waals surface area contributed by atoms with Crippen LogP contribution in [0.15, 0.2) is 12.1 Å². The van der Waals surface area contributed by atoms with Gasteiger partial charge in [0.15, 0.2) is 0 Å². The van der Waals surface area contributed by atoms with E-state index in [-0.39, 0.29) is 6.54 Å². The van der Waals surface area contributed by atoms with Crippen LogP contribution in [-0.4, -0.2) is 28.0 Å². The third kappa shape index (κ3) is 2.54. The summed E-state index contributed by atoms with van der Waals surface area (Å²) >= 11 is 0. The molecule has 0 aromatic heterocycles. The van der Waals surface area contributed by atoms with Crippen molar-refractivity contribution in [2.45, 2.75) is 32.6 Å². The van der Waals surface area contributed by atoms with E-state index in [1.807, 2.05) is 16.9 Å². The fourth-order valence-electron chi connectivity index (χ4n) is 3.22. The van der Waals surface area contributed by atoms with Gasteiger partial charge < -0.3 is 4.74 Å². The van der Waals surface area contributed by atoms with Gasteiger partial charge in [0, 0.05) is 0 Å². The molecule has 1 heterocycles. The SMILES string of the molecule is CC[C@H]1CCc2cc(OC)c(N3CC(=O)NS3(=O)=O)cc2C1. The van der Waals surface area contributed by atoms with Crippen LogP contribution in [0.25, 0.3) is 0 Å². The second-order valence-electron chi connectivity index (χ2n) is 5.85. The molecule has 3 rings (SSSR count). The maximum absolute atomic E-state index is 12.1. The molecule has 1 fully saturated rings. The van der Waals surface area contributed by atoms with Crippen molar-refractivity contribution in [1.29, 1.82) is 0 Å². The van der Waals surface area contributed by atoms with Crippen molar-refractivity contribution < 1.29 is 17.9 Å². The summed E-state index contributed by atoms with van der Waals surface area (Å²) in [5, 5.41) is 0. The summed E-state index contributed by atoms with van der Waals surface area (Å²) in [6, 6.07) is 3.78. The lowest BCUT2D eigenvalue weighted by Gasteiger charge is -2.27. The van der Waals surface area contributed by atoms with E-state index >= 15 is 0 Å². The number of nitrogens with zero attached hydrogens (tertiary/aromatic N) is 1. The van der Waals surface area contributed by atoms with Crippen LogP contribution in [0, 0.1) is 5.92 Å². The van der Waals surface area contributed by atoms with Gasteiger partial charge in [-0.2, -0.15) is 8.42 Å². The van der Waals surface area contributed by atoms with Gasteiger partial charge in [-0.25, -0.2) is 9.03 Å². The second kappa shape index (κ2) is 5.46. The number of nitrogens with one attached hydrogen (secondary N) is 1. The third-order valence-corrected chi connectivity index (χ3v) is 5.89. The van der Waals surface area contributed by atoms with Crippen molar-refractivity contribution in [1.82, 2.24) is 4.72 Å². The monoisotopic (exact) mass is 324 g/mol. The summed E-state index contributed by atoms with van der Waals surface area (Å²) in [6.07, 6.45) is 4.18. The molecule has 0 unspecified atom stereocenters. The zero-order valence-electron chi connectivity index (χ0n) is 12.8. The van der Waals surface area contributed by atoms with E-state index in [0.29, 0.717) is 17.4 Å². The van der Waals surface area contributed by atoms with Gasteiger partial charge >= 0.3 is 10.2 Å². The van der Waals surface area contributed by atoms with Crippen molar-refractivity contribution in [3.8, 4) is 5.75 Å². The second-order valence-corrected chi connectivity index (χ2v) is 7.44. The first-order valence-electron chi connectivity index (χ1n) is 7.47. The first kappa shape index (κ1) is 15.1. The first-order chi connectivity index (χ1) is 10.4. The van der Waals surface area contributed by atoms with E-state index in [4.69, 9.17) is 4.74 Å². The van der Waals surface area contributed by atoms with E-state index < -0.39 is 16.1 Å². The maximum Gasteiger partial charge on any atom is 0.326 e. The maximum atomic E-state index is 12.1. The number of aryl methyl sites for hydroxylation is 1. The lowest BCUT2D eigenvalue weighted by atomic mass is 9.82. The standard InChI is InChI=1S/C15H20N2O4S/c1-3-10-4-5-11-8-14(21-2)13(7-12(11)6-10)17-9-15(18)16-22(17,19)20/h7-8,10H,3-6,9H2,1-2H3,(H,16,18)/t10-/m0/s1. The minimum absolute atomic E-state index is 0.200. The molecule has 1 atom stereocenters. The predicted molar refractivity (Wildman–Crippen MR) is 83.2 cm³/mol. The number of amides is 1. The lowest BCUT2D eigenvalue weighted by Crippen LogP contribution is -2.30. The van der Waals surface area contributed by atoms with Gasteiger partial charge in [0.1, 0.15) is 12.3 Å². The zero-order chi connectivity index (χ0) is 15.9. The van der Waals surface area contributed by atoms with Crippen molar-refractivity contribution >= 4 is 21.8 Å². The molecule has 1 N–H and O–H groups in total. The quantitative estimate of drug-likeness (QED) is 0.912. The molecule has 1 aromatic rings. The highest BCUT2D eigenvalue weighted by atomic mass is 32.2. The number of fused-ring (bicyclic) bond motifs is 1. The Hall–Kier alpha value is -1.76. The van der Waals surface area contributed by atoms with E-state index in [2.05, 4.69) is 6.92 Å². The number of anilines is 1. The topological polar surface area (TPSA) is 75.7 Å². The Morgan fingerprint density at radius 1 is 1.36 bits per heavy atom. The van der Waals surface area contributed by atoms with Crippen LogP contribution in [0.1, 0.15) is 30.9 Å². The number of carbonyl (C=O) groups is 1. The molecule has 1 aliphatic carbocycles. The Balaban J connectivity index is 2.06. The number of methoxy groups -OCH3 is 1. The van der Waals surface area contributed by atoms with Gasteiger partial charge in [-0.05, 0) is 48.4 Å². The molecule has 0 bridgehead atoms. The zero-order valence-corrected chi connectivity index (χ0v) is 13.6. The minimum Gasteiger partial charge on any atom is -0.495 e. The highest BCUT2D eigenvalue weighted by Crippen LogP contribution is 2.38. The molecule has 7 heteroatoms. The molecule has 1 aromatic carbocycles.